The normalized spacial score (nSPS) is 15.7. The van der Waals surface area contributed by atoms with Crippen LogP contribution in [0.4, 0.5) is 5.69 Å². The number of ether oxygens (including phenoxy) is 1. The Morgan fingerprint density at radius 1 is 0.912 bits per heavy atom. The molecule has 0 unspecified atom stereocenters. The summed E-state index contributed by atoms with van der Waals surface area (Å²) in [5, 5.41) is 2.28. The Morgan fingerprint density at radius 3 is 2.35 bits per heavy atom. The van der Waals surface area contributed by atoms with Gasteiger partial charge in [0.25, 0.3) is 11.8 Å². The SMILES string of the molecule is C[C@@H](COc1ccccc1)Cn1cc(/C=C2/C(=O)NN(c3ccccc3)C2=O)c2ccccc21. The molecule has 1 saturated heterocycles. The van der Waals surface area contributed by atoms with E-state index in [1.54, 1.807) is 18.2 Å². The number of aromatic nitrogens is 1. The van der Waals surface area contributed by atoms with Crippen LogP contribution in [-0.2, 0) is 16.1 Å². The molecule has 0 bridgehead atoms. The number of carbonyl (C=O) groups excluding carboxylic acids is 2. The number of benzene rings is 3. The first-order valence-corrected chi connectivity index (χ1v) is 11.3. The predicted octanol–water partition coefficient (Wildman–Crippen LogP) is 4.82. The van der Waals surface area contributed by atoms with Crippen LogP contribution in [-0.4, -0.2) is 23.0 Å². The Bertz CT molecular complexity index is 1360. The number of rotatable bonds is 7. The van der Waals surface area contributed by atoms with Crippen LogP contribution < -0.4 is 15.2 Å². The van der Waals surface area contributed by atoms with Gasteiger partial charge in [-0.05, 0) is 36.4 Å². The number of fused-ring (bicyclic) bond motifs is 1. The minimum Gasteiger partial charge on any atom is -0.493 e. The number of anilines is 1. The molecule has 1 aliphatic heterocycles. The van der Waals surface area contributed by atoms with E-state index in [9.17, 15) is 9.59 Å². The molecule has 1 aromatic heterocycles. The van der Waals surface area contributed by atoms with Crippen molar-refractivity contribution < 1.29 is 14.3 Å². The van der Waals surface area contributed by atoms with E-state index in [0.717, 1.165) is 28.8 Å². The first-order chi connectivity index (χ1) is 16.6. The zero-order valence-corrected chi connectivity index (χ0v) is 18.8. The lowest BCUT2D eigenvalue weighted by Gasteiger charge is -2.15. The number of para-hydroxylation sites is 3. The lowest BCUT2D eigenvalue weighted by Crippen LogP contribution is -2.35. The minimum atomic E-state index is -0.407. The summed E-state index contributed by atoms with van der Waals surface area (Å²) >= 11 is 0. The summed E-state index contributed by atoms with van der Waals surface area (Å²) in [5.74, 6) is 0.334. The van der Waals surface area contributed by atoms with Crippen LogP contribution in [0.25, 0.3) is 17.0 Å². The smallest absolute Gasteiger partial charge is 0.282 e. The van der Waals surface area contributed by atoms with Crippen LogP contribution >= 0.6 is 0 Å². The fourth-order valence-electron chi connectivity index (χ4n) is 4.16. The van der Waals surface area contributed by atoms with E-state index in [2.05, 4.69) is 23.0 Å². The molecule has 1 aliphatic rings. The van der Waals surface area contributed by atoms with Crippen molar-refractivity contribution in [2.45, 2.75) is 13.5 Å². The van der Waals surface area contributed by atoms with Crippen molar-refractivity contribution in [3.8, 4) is 5.75 Å². The maximum atomic E-state index is 13.0. The number of nitrogens with zero attached hydrogens (tertiary/aromatic N) is 2. The largest absolute Gasteiger partial charge is 0.493 e. The van der Waals surface area contributed by atoms with Gasteiger partial charge in [-0.3, -0.25) is 15.0 Å². The Balaban J connectivity index is 1.40. The van der Waals surface area contributed by atoms with Crippen molar-refractivity contribution in [3.63, 3.8) is 0 Å². The van der Waals surface area contributed by atoms with Gasteiger partial charge in [0.2, 0.25) is 0 Å². The molecule has 1 fully saturated rings. The second-order valence-corrected chi connectivity index (χ2v) is 8.46. The van der Waals surface area contributed by atoms with Gasteiger partial charge in [-0.1, -0.05) is 61.5 Å². The molecule has 4 aromatic rings. The standard InChI is InChI=1S/C28H25N3O3/c1-20(19-34-23-12-6-3-7-13-23)17-30-18-21(24-14-8-9-15-26(24)30)16-25-27(32)29-31(28(25)33)22-10-4-2-5-11-22/h2-16,18,20H,17,19H2,1H3,(H,29,32)/b25-16-/t20-/m1/s1. The topological polar surface area (TPSA) is 63.6 Å². The van der Waals surface area contributed by atoms with E-state index < -0.39 is 5.91 Å². The molecule has 0 aliphatic carbocycles. The number of hydrogen-bond acceptors (Lipinski definition) is 3. The number of hydrazine groups is 1. The third-order valence-corrected chi connectivity index (χ3v) is 5.81. The Kier molecular flexibility index (Phi) is 5.87. The zero-order chi connectivity index (χ0) is 23.5. The van der Waals surface area contributed by atoms with Crippen LogP contribution in [0.2, 0.25) is 0 Å². The summed E-state index contributed by atoms with van der Waals surface area (Å²) in [7, 11) is 0. The van der Waals surface area contributed by atoms with Gasteiger partial charge >= 0.3 is 0 Å². The second kappa shape index (κ2) is 9.27. The first-order valence-electron chi connectivity index (χ1n) is 11.3. The monoisotopic (exact) mass is 451 g/mol. The lowest BCUT2D eigenvalue weighted by atomic mass is 10.1. The number of nitrogens with one attached hydrogen (secondary N) is 1. The first kappa shape index (κ1) is 21.5. The summed E-state index contributed by atoms with van der Waals surface area (Å²) in [6.07, 6.45) is 3.69. The predicted molar refractivity (Wildman–Crippen MR) is 133 cm³/mol. The van der Waals surface area contributed by atoms with Gasteiger partial charge in [0.05, 0.1) is 12.3 Å². The van der Waals surface area contributed by atoms with Gasteiger partial charge in [-0.2, -0.15) is 0 Å². The van der Waals surface area contributed by atoms with Crippen molar-refractivity contribution in [2.75, 3.05) is 11.6 Å². The lowest BCUT2D eigenvalue weighted by molar-refractivity contribution is -0.117. The van der Waals surface area contributed by atoms with Crippen molar-refractivity contribution >= 4 is 34.5 Å². The summed E-state index contributed by atoms with van der Waals surface area (Å²) in [4.78, 5) is 25.7. The minimum absolute atomic E-state index is 0.118. The maximum absolute atomic E-state index is 13.0. The van der Waals surface area contributed by atoms with Crippen molar-refractivity contribution in [3.05, 3.63) is 102 Å². The molecule has 0 radical (unpaired) electrons. The molecule has 2 heterocycles. The molecule has 2 amide bonds. The van der Waals surface area contributed by atoms with Gasteiger partial charge in [-0.15, -0.1) is 0 Å². The highest BCUT2D eigenvalue weighted by atomic mass is 16.5. The van der Waals surface area contributed by atoms with E-state index in [-0.39, 0.29) is 17.4 Å². The molecule has 0 spiro atoms. The molecule has 1 atom stereocenters. The third-order valence-electron chi connectivity index (χ3n) is 5.81. The fraction of sp³-hybridized carbons (Fsp3) is 0.143. The molecule has 6 nitrogen and oxygen atoms in total. The van der Waals surface area contributed by atoms with E-state index in [4.69, 9.17) is 4.74 Å². The molecule has 5 rings (SSSR count). The van der Waals surface area contributed by atoms with Crippen LogP contribution in [0.1, 0.15) is 12.5 Å². The molecule has 34 heavy (non-hydrogen) atoms. The van der Waals surface area contributed by atoms with Crippen molar-refractivity contribution in [1.29, 1.82) is 0 Å². The second-order valence-electron chi connectivity index (χ2n) is 8.46. The van der Waals surface area contributed by atoms with Gasteiger partial charge in [0.15, 0.2) is 0 Å². The summed E-state index contributed by atoms with van der Waals surface area (Å²) < 4.78 is 8.08. The Labute approximate surface area is 198 Å². The van der Waals surface area contributed by atoms with E-state index in [1.807, 2.05) is 72.9 Å². The van der Waals surface area contributed by atoms with Crippen LogP contribution in [0.3, 0.4) is 0 Å². The molecule has 1 N–H and O–H groups in total. The summed E-state index contributed by atoms with van der Waals surface area (Å²) in [5.41, 5.74) is 5.29. The summed E-state index contributed by atoms with van der Waals surface area (Å²) in [6, 6.07) is 26.9. The number of hydrogen-bond donors (Lipinski definition) is 1. The quantitative estimate of drug-likeness (QED) is 0.324. The van der Waals surface area contributed by atoms with Crippen LogP contribution in [0.15, 0.2) is 96.7 Å². The molecule has 3 aromatic carbocycles. The van der Waals surface area contributed by atoms with E-state index >= 15 is 0 Å². The molecule has 0 saturated carbocycles. The Hall–Kier alpha value is -4.32. The summed E-state index contributed by atoms with van der Waals surface area (Å²) in [6.45, 7) is 3.47. The van der Waals surface area contributed by atoms with Gasteiger partial charge in [-0.25, -0.2) is 5.01 Å². The number of carbonyl (C=O) groups is 2. The highest BCUT2D eigenvalue weighted by molar-refractivity contribution is 6.32. The van der Waals surface area contributed by atoms with Crippen LogP contribution in [0.5, 0.6) is 5.75 Å². The molecule has 6 heteroatoms. The van der Waals surface area contributed by atoms with Crippen LogP contribution in [0, 0.1) is 5.92 Å². The van der Waals surface area contributed by atoms with E-state index in [1.165, 1.54) is 5.01 Å². The highest BCUT2D eigenvalue weighted by Crippen LogP contribution is 2.27. The van der Waals surface area contributed by atoms with E-state index in [0.29, 0.717) is 12.3 Å². The number of amides is 2. The average molecular weight is 452 g/mol. The van der Waals surface area contributed by atoms with Crippen molar-refractivity contribution in [1.82, 2.24) is 9.99 Å². The van der Waals surface area contributed by atoms with Crippen molar-refractivity contribution in [2.24, 2.45) is 5.92 Å². The molecular weight excluding hydrogens is 426 g/mol. The zero-order valence-electron chi connectivity index (χ0n) is 18.8. The molecular formula is C28H25N3O3. The average Bonchev–Trinajstić information content (AvgIpc) is 3.36. The van der Waals surface area contributed by atoms with Gasteiger partial charge in [0, 0.05) is 35.1 Å². The van der Waals surface area contributed by atoms with Gasteiger partial charge in [0.1, 0.15) is 11.3 Å². The Morgan fingerprint density at radius 2 is 1.59 bits per heavy atom. The maximum Gasteiger partial charge on any atom is 0.282 e. The molecule has 170 valence electrons. The third kappa shape index (κ3) is 4.30. The highest BCUT2D eigenvalue weighted by Gasteiger charge is 2.34. The van der Waals surface area contributed by atoms with Gasteiger partial charge < -0.3 is 9.30 Å². The fourth-order valence-corrected chi connectivity index (χ4v) is 4.16.